The van der Waals surface area contributed by atoms with Gasteiger partial charge in [0.05, 0.1) is 19.2 Å². The van der Waals surface area contributed by atoms with Gasteiger partial charge in [0.15, 0.2) is 5.96 Å². The molecule has 3 N–H and O–H groups in total. The quantitative estimate of drug-likeness (QED) is 0.667. The molecule has 1 aliphatic rings. The molecule has 1 unspecified atom stereocenters. The molecule has 0 fully saturated rings. The maximum atomic E-state index is 5.99. The molecule has 2 aromatic rings. The number of guanidine groups is 1. The summed E-state index contributed by atoms with van der Waals surface area (Å²) in [6, 6.07) is 12.0. The van der Waals surface area contributed by atoms with E-state index in [1.54, 1.807) is 12.4 Å². The topological polar surface area (TPSA) is 72.5 Å². The van der Waals surface area contributed by atoms with Crippen LogP contribution in [0.5, 0.6) is 5.75 Å². The summed E-state index contributed by atoms with van der Waals surface area (Å²) in [5, 5.41) is 3.27. The predicted octanol–water partition coefficient (Wildman–Crippen LogP) is 2.01. The van der Waals surface area contributed by atoms with E-state index in [-0.39, 0.29) is 6.04 Å². The van der Waals surface area contributed by atoms with Gasteiger partial charge in [0, 0.05) is 24.4 Å². The molecule has 108 valence electrons. The molecule has 5 nitrogen and oxygen atoms in total. The summed E-state index contributed by atoms with van der Waals surface area (Å²) in [5.74, 6) is 1.36. The van der Waals surface area contributed by atoms with Crippen LogP contribution in [0.1, 0.15) is 23.6 Å². The molecule has 1 atom stereocenters. The fraction of sp³-hybridized carbons (Fsp3) is 0.250. The third-order valence-corrected chi connectivity index (χ3v) is 3.44. The van der Waals surface area contributed by atoms with Crippen molar-refractivity contribution in [2.75, 3.05) is 6.61 Å². The van der Waals surface area contributed by atoms with E-state index in [0.29, 0.717) is 19.1 Å². The number of nitrogens with one attached hydrogen (secondary N) is 1. The Morgan fingerprint density at radius 2 is 2.24 bits per heavy atom. The van der Waals surface area contributed by atoms with Crippen molar-refractivity contribution >= 4 is 5.96 Å². The van der Waals surface area contributed by atoms with E-state index in [4.69, 9.17) is 10.5 Å². The molecule has 2 heterocycles. The Kier molecular flexibility index (Phi) is 4.00. The minimum absolute atomic E-state index is 0.146. The summed E-state index contributed by atoms with van der Waals surface area (Å²) >= 11 is 0. The zero-order valence-corrected chi connectivity index (χ0v) is 11.7. The van der Waals surface area contributed by atoms with Gasteiger partial charge < -0.3 is 15.8 Å². The Labute approximate surface area is 123 Å². The smallest absolute Gasteiger partial charge is 0.189 e. The number of para-hydroxylation sites is 1. The third-order valence-electron chi connectivity index (χ3n) is 3.44. The lowest BCUT2D eigenvalue weighted by Gasteiger charge is -2.26. The second-order valence-electron chi connectivity index (χ2n) is 4.93. The second-order valence-corrected chi connectivity index (χ2v) is 4.93. The molecule has 1 aliphatic heterocycles. The number of aliphatic imine (C=N–C) groups is 1. The van der Waals surface area contributed by atoms with Gasteiger partial charge in [0.2, 0.25) is 0 Å². The van der Waals surface area contributed by atoms with Crippen molar-refractivity contribution in [3.05, 3.63) is 59.9 Å². The highest BCUT2D eigenvalue weighted by molar-refractivity contribution is 5.78. The van der Waals surface area contributed by atoms with Gasteiger partial charge in [-0.3, -0.25) is 4.98 Å². The SMILES string of the molecule is NC(=NCc1cccnc1)NC1CCOc2ccccc21. The molecule has 0 bridgehead atoms. The molecule has 3 rings (SSSR count). The molecule has 21 heavy (non-hydrogen) atoms. The number of nitrogens with two attached hydrogens (primary N) is 1. The zero-order chi connectivity index (χ0) is 14.5. The van der Waals surface area contributed by atoms with Gasteiger partial charge in [-0.25, -0.2) is 4.99 Å². The van der Waals surface area contributed by atoms with E-state index < -0.39 is 0 Å². The van der Waals surface area contributed by atoms with Crippen LogP contribution in [0.15, 0.2) is 53.8 Å². The number of hydrogen-bond acceptors (Lipinski definition) is 3. The van der Waals surface area contributed by atoms with Crippen LogP contribution in [0, 0.1) is 0 Å². The maximum Gasteiger partial charge on any atom is 0.189 e. The van der Waals surface area contributed by atoms with Crippen LogP contribution in [-0.4, -0.2) is 17.6 Å². The lowest BCUT2D eigenvalue weighted by Crippen LogP contribution is -2.37. The Morgan fingerprint density at radius 3 is 3.10 bits per heavy atom. The molecule has 0 amide bonds. The van der Waals surface area contributed by atoms with Crippen molar-refractivity contribution in [3.63, 3.8) is 0 Å². The van der Waals surface area contributed by atoms with Gasteiger partial charge in [-0.15, -0.1) is 0 Å². The van der Waals surface area contributed by atoms with Crippen molar-refractivity contribution in [3.8, 4) is 5.75 Å². The number of benzene rings is 1. The summed E-state index contributed by atoms with van der Waals surface area (Å²) in [6.07, 6.45) is 4.41. The molecular weight excluding hydrogens is 264 g/mol. The number of nitrogens with zero attached hydrogens (tertiary/aromatic N) is 2. The van der Waals surface area contributed by atoms with Crippen LogP contribution < -0.4 is 15.8 Å². The van der Waals surface area contributed by atoms with E-state index >= 15 is 0 Å². The van der Waals surface area contributed by atoms with Crippen LogP contribution in [-0.2, 0) is 6.54 Å². The number of hydrogen-bond donors (Lipinski definition) is 2. The van der Waals surface area contributed by atoms with Crippen molar-refractivity contribution < 1.29 is 4.74 Å². The molecule has 0 saturated heterocycles. The fourth-order valence-electron chi connectivity index (χ4n) is 2.38. The van der Waals surface area contributed by atoms with Gasteiger partial charge in [-0.05, 0) is 17.7 Å². The van der Waals surface area contributed by atoms with Gasteiger partial charge >= 0.3 is 0 Å². The van der Waals surface area contributed by atoms with Crippen LogP contribution in [0.2, 0.25) is 0 Å². The predicted molar refractivity (Wildman–Crippen MR) is 82.0 cm³/mol. The lowest BCUT2D eigenvalue weighted by atomic mass is 10.0. The highest BCUT2D eigenvalue weighted by atomic mass is 16.5. The van der Waals surface area contributed by atoms with Gasteiger partial charge in [0.25, 0.3) is 0 Å². The Hall–Kier alpha value is -2.56. The standard InChI is InChI=1S/C16H18N4O/c17-16(19-11-12-4-3-8-18-10-12)20-14-7-9-21-15-6-2-1-5-13(14)15/h1-6,8,10,14H,7,9,11H2,(H3,17,19,20). The van der Waals surface area contributed by atoms with Crippen LogP contribution >= 0.6 is 0 Å². The molecule has 0 radical (unpaired) electrons. The largest absolute Gasteiger partial charge is 0.493 e. The van der Waals surface area contributed by atoms with Crippen molar-refractivity contribution in [1.29, 1.82) is 0 Å². The van der Waals surface area contributed by atoms with Gasteiger partial charge in [-0.1, -0.05) is 24.3 Å². The molecule has 0 saturated carbocycles. The average Bonchev–Trinajstić information content (AvgIpc) is 2.54. The zero-order valence-electron chi connectivity index (χ0n) is 11.7. The number of pyridine rings is 1. The molecule has 0 spiro atoms. The normalized spacial score (nSPS) is 17.7. The van der Waals surface area contributed by atoms with Crippen molar-refractivity contribution in [2.45, 2.75) is 19.0 Å². The first-order valence-corrected chi connectivity index (χ1v) is 7.00. The highest BCUT2D eigenvalue weighted by Crippen LogP contribution is 2.31. The first-order chi connectivity index (χ1) is 10.3. The molecular formula is C16H18N4O. The molecule has 0 aliphatic carbocycles. The number of rotatable bonds is 3. The monoisotopic (exact) mass is 282 g/mol. The molecule has 1 aromatic heterocycles. The van der Waals surface area contributed by atoms with Gasteiger partial charge in [0.1, 0.15) is 5.75 Å². The molecule has 5 heteroatoms. The Bertz CT molecular complexity index is 627. The summed E-state index contributed by atoms with van der Waals surface area (Å²) in [6.45, 7) is 1.21. The lowest BCUT2D eigenvalue weighted by molar-refractivity contribution is 0.262. The van der Waals surface area contributed by atoms with E-state index in [9.17, 15) is 0 Å². The summed E-state index contributed by atoms with van der Waals surface area (Å²) in [5.41, 5.74) is 8.15. The fourth-order valence-corrected chi connectivity index (χ4v) is 2.38. The highest BCUT2D eigenvalue weighted by Gasteiger charge is 2.21. The van der Waals surface area contributed by atoms with Crippen LogP contribution in [0.25, 0.3) is 0 Å². The average molecular weight is 282 g/mol. The first-order valence-electron chi connectivity index (χ1n) is 7.00. The molecule has 1 aromatic carbocycles. The third kappa shape index (κ3) is 3.31. The maximum absolute atomic E-state index is 5.99. The number of ether oxygens (including phenoxy) is 1. The first kappa shape index (κ1) is 13.4. The van der Waals surface area contributed by atoms with E-state index in [1.807, 2.05) is 30.3 Å². The van der Waals surface area contributed by atoms with Crippen LogP contribution in [0.3, 0.4) is 0 Å². The van der Waals surface area contributed by atoms with E-state index in [2.05, 4.69) is 21.4 Å². The van der Waals surface area contributed by atoms with Gasteiger partial charge in [-0.2, -0.15) is 0 Å². The van der Waals surface area contributed by atoms with Crippen LogP contribution in [0.4, 0.5) is 0 Å². The Morgan fingerprint density at radius 1 is 1.33 bits per heavy atom. The second kappa shape index (κ2) is 6.26. The Balaban J connectivity index is 1.67. The van der Waals surface area contributed by atoms with Crippen molar-refractivity contribution in [1.82, 2.24) is 10.3 Å². The summed E-state index contributed by atoms with van der Waals surface area (Å²) < 4.78 is 5.64. The minimum atomic E-state index is 0.146. The van der Waals surface area contributed by atoms with Crippen molar-refractivity contribution in [2.24, 2.45) is 10.7 Å². The van der Waals surface area contributed by atoms with E-state index in [1.165, 1.54) is 0 Å². The summed E-state index contributed by atoms with van der Waals surface area (Å²) in [7, 11) is 0. The minimum Gasteiger partial charge on any atom is -0.493 e. The van der Waals surface area contributed by atoms with E-state index in [0.717, 1.165) is 23.3 Å². The number of aromatic nitrogens is 1. The number of fused-ring (bicyclic) bond motifs is 1. The summed E-state index contributed by atoms with van der Waals surface area (Å²) in [4.78, 5) is 8.42.